The summed E-state index contributed by atoms with van der Waals surface area (Å²) in [6.45, 7) is 6.60. The first-order valence-electron chi connectivity index (χ1n) is 4.21. The molecule has 0 saturated carbocycles. The van der Waals surface area contributed by atoms with Crippen LogP contribution in [0, 0.1) is 5.41 Å². The largest absolute Gasteiger partial charge is 0.370 e. The highest BCUT2D eigenvalue weighted by atomic mass is 31.0. The van der Waals surface area contributed by atoms with Gasteiger partial charge in [-0.25, -0.2) is 4.99 Å². The molecule has 0 fully saturated rings. The van der Waals surface area contributed by atoms with E-state index in [0.29, 0.717) is 5.41 Å². The quantitative estimate of drug-likeness (QED) is 0.397. The van der Waals surface area contributed by atoms with Gasteiger partial charge in [-0.05, 0) is 11.8 Å². The molecule has 0 heterocycles. The Kier molecular flexibility index (Phi) is 4.54. The number of hydrogen-bond acceptors (Lipinski definition) is 1. The van der Waals surface area contributed by atoms with E-state index in [2.05, 4.69) is 35.0 Å². The second-order valence-corrected chi connectivity index (χ2v) is 4.61. The molecule has 0 aliphatic rings. The molecule has 2 atom stereocenters. The Balaban J connectivity index is 4.00. The van der Waals surface area contributed by atoms with Crippen LogP contribution in [0.3, 0.4) is 0 Å². The maximum atomic E-state index is 5.27. The zero-order valence-corrected chi connectivity index (χ0v) is 9.33. The van der Waals surface area contributed by atoms with Gasteiger partial charge in [-0.15, -0.1) is 9.24 Å². The van der Waals surface area contributed by atoms with Crippen LogP contribution in [0.1, 0.15) is 33.6 Å². The van der Waals surface area contributed by atoms with E-state index in [1.807, 2.05) is 0 Å². The van der Waals surface area contributed by atoms with E-state index in [1.165, 1.54) is 0 Å². The minimum absolute atomic E-state index is 0.143. The van der Waals surface area contributed by atoms with Crippen LogP contribution in [-0.4, -0.2) is 11.7 Å². The first-order chi connectivity index (χ1) is 5.37. The third kappa shape index (κ3) is 5.36. The van der Waals surface area contributed by atoms with Crippen LogP contribution >= 0.6 is 9.24 Å². The van der Waals surface area contributed by atoms with Crippen molar-refractivity contribution in [1.29, 1.82) is 0 Å². The van der Waals surface area contributed by atoms with E-state index in [1.54, 1.807) is 0 Å². The smallest absolute Gasteiger partial charge is 0.186 e. The highest BCUT2D eigenvalue weighted by Crippen LogP contribution is 2.29. The lowest BCUT2D eigenvalue weighted by Gasteiger charge is -2.24. The molecule has 4 N–H and O–H groups in total. The summed E-state index contributed by atoms with van der Waals surface area (Å²) in [5.41, 5.74) is 10.8. The normalized spacial score (nSPS) is 14.0. The molecule has 2 unspecified atom stereocenters. The van der Waals surface area contributed by atoms with Gasteiger partial charge >= 0.3 is 0 Å². The van der Waals surface area contributed by atoms with Crippen molar-refractivity contribution >= 4 is 15.2 Å². The second kappa shape index (κ2) is 4.66. The number of hydrogen-bond donors (Lipinski definition) is 2. The van der Waals surface area contributed by atoms with Crippen molar-refractivity contribution in [1.82, 2.24) is 0 Å². The Bertz CT molecular complexity index is 162. The fourth-order valence-corrected chi connectivity index (χ4v) is 1.76. The van der Waals surface area contributed by atoms with Gasteiger partial charge in [0.15, 0.2) is 5.96 Å². The van der Waals surface area contributed by atoms with E-state index < -0.39 is 0 Å². The highest BCUT2D eigenvalue weighted by molar-refractivity contribution is 7.17. The molecule has 3 nitrogen and oxygen atoms in total. The van der Waals surface area contributed by atoms with Crippen molar-refractivity contribution in [3.8, 4) is 0 Å². The highest BCUT2D eigenvalue weighted by Gasteiger charge is 2.18. The van der Waals surface area contributed by atoms with Crippen molar-refractivity contribution in [2.24, 2.45) is 21.9 Å². The summed E-state index contributed by atoms with van der Waals surface area (Å²) in [5.74, 6) is 0.312. The molecular formula is C8H20N3P. The van der Waals surface area contributed by atoms with Gasteiger partial charge in [0, 0.05) is 0 Å². The monoisotopic (exact) mass is 189 g/mol. The van der Waals surface area contributed by atoms with Gasteiger partial charge in [-0.2, -0.15) is 0 Å². The van der Waals surface area contributed by atoms with Crippen LogP contribution < -0.4 is 11.5 Å². The number of aliphatic imine (C=N–C) groups is 1. The summed E-state index contributed by atoms with van der Waals surface area (Å²) in [6, 6.07) is 0. The predicted molar refractivity (Wildman–Crippen MR) is 58.0 cm³/mol. The van der Waals surface area contributed by atoms with Gasteiger partial charge in [0.1, 0.15) is 0 Å². The van der Waals surface area contributed by atoms with Crippen molar-refractivity contribution in [2.75, 3.05) is 0 Å². The maximum Gasteiger partial charge on any atom is 0.186 e. The molecule has 0 amide bonds. The van der Waals surface area contributed by atoms with E-state index in [0.717, 1.165) is 12.8 Å². The van der Waals surface area contributed by atoms with Gasteiger partial charge in [0.05, 0.1) is 5.78 Å². The van der Waals surface area contributed by atoms with E-state index >= 15 is 0 Å². The summed E-state index contributed by atoms with van der Waals surface area (Å²) in [7, 11) is 2.65. The molecule has 0 aliphatic carbocycles. The Hall–Kier alpha value is -0.300. The average Bonchev–Trinajstić information content (AvgIpc) is 1.84. The third-order valence-corrected chi connectivity index (χ3v) is 2.42. The molecular weight excluding hydrogens is 169 g/mol. The zero-order valence-electron chi connectivity index (χ0n) is 8.17. The number of rotatable bonds is 4. The first kappa shape index (κ1) is 11.7. The van der Waals surface area contributed by atoms with Gasteiger partial charge in [0.25, 0.3) is 0 Å². The summed E-state index contributed by atoms with van der Waals surface area (Å²) in [5, 5.41) is 0. The van der Waals surface area contributed by atoms with Crippen LogP contribution in [0.5, 0.6) is 0 Å². The van der Waals surface area contributed by atoms with Crippen LogP contribution in [0.4, 0.5) is 0 Å². The van der Waals surface area contributed by atoms with Crippen molar-refractivity contribution in [2.45, 2.75) is 39.4 Å². The fraction of sp³-hybridized carbons (Fsp3) is 0.875. The summed E-state index contributed by atoms with van der Waals surface area (Å²) < 4.78 is 0. The van der Waals surface area contributed by atoms with Gasteiger partial charge in [-0.3, -0.25) is 0 Å². The number of nitrogens with zero attached hydrogens (tertiary/aromatic N) is 1. The molecule has 0 aromatic heterocycles. The molecule has 0 aromatic carbocycles. The van der Waals surface area contributed by atoms with E-state index in [-0.39, 0.29) is 11.7 Å². The third-order valence-electron chi connectivity index (χ3n) is 2.03. The molecule has 0 aromatic rings. The molecule has 0 aliphatic heterocycles. The standard InChI is InChI=1S/C8H20N3P/c1-4-8(2,3)5-6(12)11-7(9)10/h6H,4-5,12H2,1-3H3,(H4,9,10,11). The van der Waals surface area contributed by atoms with Gasteiger partial charge in [-0.1, -0.05) is 27.2 Å². The topological polar surface area (TPSA) is 64.4 Å². The Morgan fingerprint density at radius 3 is 2.33 bits per heavy atom. The average molecular weight is 189 g/mol. The van der Waals surface area contributed by atoms with Crippen molar-refractivity contribution < 1.29 is 0 Å². The summed E-state index contributed by atoms with van der Waals surface area (Å²) >= 11 is 0. The minimum atomic E-state index is 0.143. The maximum absolute atomic E-state index is 5.27. The molecule has 0 rings (SSSR count). The Morgan fingerprint density at radius 1 is 1.50 bits per heavy atom. The Labute approximate surface area is 77.2 Å². The second-order valence-electron chi connectivity index (χ2n) is 3.84. The minimum Gasteiger partial charge on any atom is -0.370 e. The molecule has 72 valence electrons. The summed E-state index contributed by atoms with van der Waals surface area (Å²) in [4.78, 5) is 4.05. The molecule has 4 heteroatoms. The molecule has 0 bridgehead atoms. The molecule has 0 radical (unpaired) electrons. The van der Waals surface area contributed by atoms with Gasteiger partial charge in [0.2, 0.25) is 0 Å². The lowest BCUT2D eigenvalue weighted by atomic mass is 9.86. The molecule has 0 saturated heterocycles. The van der Waals surface area contributed by atoms with Crippen molar-refractivity contribution in [3.63, 3.8) is 0 Å². The molecule has 12 heavy (non-hydrogen) atoms. The first-order valence-corrected chi connectivity index (χ1v) is 4.88. The SMILES string of the molecule is CCC(C)(C)CC(P)N=C(N)N. The summed E-state index contributed by atoms with van der Waals surface area (Å²) in [6.07, 6.45) is 2.13. The fourth-order valence-electron chi connectivity index (χ4n) is 0.948. The van der Waals surface area contributed by atoms with Crippen molar-refractivity contribution in [3.05, 3.63) is 0 Å². The number of nitrogens with two attached hydrogens (primary N) is 2. The zero-order chi connectivity index (χ0) is 9.78. The van der Waals surface area contributed by atoms with Crippen LogP contribution in [0.2, 0.25) is 0 Å². The lowest BCUT2D eigenvalue weighted by molar-refractivity contribution is 0.320. The Morgan fingerprint density at radius 2 is 2.00 bits per heavy atom. The van der Waals surface area contributed by atoms with E-state index in [4.69, 9.17) is 11.5 Å². The molecule has 0 spiro atoms. The van der Waals surface area contributed by atoms with Crippen LogP contribution in [0.25, 0.3) is 0 Å². The van der Waals surface area contributed by atoms with Crippen LogP contribution in [-0.2, 0) is 0 Å². The van der Waals surface area contributed by atoms with Gasteiger partial charge < -0.3 is 11.5 Å². The predicted octanol–water partition coefficient (Wildman–Crippen LogP) is 1.29. The lowest BCUT2D eigenvalue weighted by Crippen LogP contribution is -2.25. The number of guanidine groups is 1. The van der Waals surface area contributed by atoms with Crippen LogP contribution in [0.15, 0.2) is 4.99 Å². The van der Waals surface area contributed by atoms with E-state index in [9.17, 15) is 0 Å².